The molecule has 1 heterocycles. The van der Waals surface area contributed by atoms with Crippen LogP contribution in [0.1, 0.15) is 6.92 Å². The lowest BCUT2D eigenvalue weighted by Crippen LogP contribution is -2.60. The van der Waals surface area contributed by atoms with Crippen molar-refractivity contribution in [3.8, 4) is 0 Å². The van der Waals surface area contributed by atoms with Crippen LogP contribution in [0, 0.1) is 0 Å². The topological polar surface area (TPSA) is 95.9 Å². The molecule has 0 aliphatic carbocycles. The van der Waals surface area contributed by atoms with Gasteiger partial charge in [0, 0.05) is 0 Å². The normalized spacial score (nSPS) is 52.6. The summed E-state index contributed by atoms with van der Waals surface area (Å²) in [5.74, 6) is 0. The smallest absolute Gasteiger partial charge is 0.172 e. The van der Waals surface area contributed by atoms with Gasteiger partial charge in [0.05, 0.1) is 12.1 Å². The zero-order valence-electron chi connectivity index (χ0n) is 6.21. The highest BCUT2D eigenvalue weighted by atomic mass is 16.6. The Labute approximate surface area is 64.4 Å². The molecule has 5 heteroatoms. The van der Waals surface area contributed by atoms with E-state index in [2.05, 4.69) is 0 Å². The molecular formula is C6H13NO4. The fourth-order valence-corrected chi connectivity index (χ4v) is 1.07. The second-order valence-corrected chi connectivity index (χ2v) is 2.79. The highest BCUT2D eigenvalue weighted by Gasteiger charge is 2.39. The first-order chi connectivity index (χ1) is 5.04. The molecule has 66 valence electrons. The predicted octanol–water partition coefficient (Wildman–Crippen LogP) is -2.23. The van der Waals surface area contributed by atoms with Gasteiger partial charge in [-0.3, -0.25) is 0 Å². The highest BCUT2D eigenvalue weighted by molar-refractivity contribution is 4.88. The maximum atomic E-state index is 9.17. The summed E-state index contributed by atoms with van der Waals surface area (Å²) in [6, 6.07) is -0.929. The summed E-state index contributed by atoms with van der Waals surface area (Å²) in [6.07, 6.45) is -3.91. The van der Waals surface area contributed by atoms with Crippen LogP contribution in [0.4, 0.5) is 0 Å². The third-order valence-corrected chi connectivity index (χ3v) is 1.91. The quantitative estimate of drug-likeness (QED) is 0.324. The van der Waals surface area contributed by atoms with Crippen molar-refractivity contribution in [1.29, 1.82) is 0 Å². The standard InChI is InChI=1S/C6H13NO4/c1-2-4(8)5(9)3(7)6(10)11-2/h2-6,8-10H,7H2,1H3/t2-,3+,4-,5-,6+/m1/s1. The molecule has 0 saturated carbocycles. The molecule has 1 rings (SSSR count). The Kier molecular flexibility index (Phi) is 2.46. The summed E-state index contributed by atoms with van der Waals surface area (Å²) in [5.41, 5.74) is 5.29. The lowest BCUT2D eigenvalue weighted by Gasteiger charge is -2.37. The van der Waals surface area contributed by atoms with Gasteiger partial charge in [-0.1, -0.05) is 0 Å². The van der Waals surface area contributed by atoms with E-state index >= 15 is 0 Å². The van der Waals surface area contributed by atoms with E-state index in [-0.39, 0.29) is 0 Å². The van der Waals surface area contributed by atoms with Crippen molar-refractivity contribution in [2.24, 2.45) is 5.73 Å². The monoisotopic (exact) mass is 163 g/mol. The van der Waals surface area contributed by atoms with Crippen molar-refractivity contribution in [3.63, 3.8) is 0 Å². The Morgan fingerprint density at radius 3 is 2.27 bits per heavy atom. The largest absolute Gasteiger partial charge is 0.388 e. The van der Waals surface area contributed by atoms with Crippen molar-refractivity contribution in [2.75, 3.05) is 0 Å². The van der Waals surface area contributed by atoms with E-state index in [1.807, 2.05) is 0 Å². The average Bonchev–Trinajstić information content (AvgIpc) is 1.97. The second-order valence-electron chi connectivity index (χ2n) is 2.79. The Morgan fingerprint density at radius 2 is 1.73 bits per heavy atom. The summed E-state index contributed by atoms with van der Waals surface area (Å²) in [4.78, 5) is 0. The SMILES string of the molecule is C[C@H]1O[C@H](O)[C@@H](N)[C@@H](O)[C@@H]1O. The van der Waals surface area contributed by atoms with Crippen molar-refractivity contribution < 1.29 is 20.1 Å². The fourth-order valence-electron chi connectivity index (χ4n) is 1.07. The van der Waals surface area contributed by atoms with Gasteiger partial charge < -0.3 is 25.8 Å². The predicted molar refractivity (Wildman–Crippen MR) is 36.5 cm³/mol. The molecule has 0 spiro atoms. The van der Waals surface area contributed by atoms with Gasteiger partial charge in [-0.25, -0.2) is 0 Å². The van der Waals surface area contributed by atoms with Crippen LogP contribution in [0.25, 0.3) is 0 Å². The maximum Gasteiger partial charge on any atom is 0.172 e. The van der Waals surface area contributed by atoms with Gasteiger partial charge >= 0.3 is 0 Å². The molecule has 0 aromatic carbocycles. The van der Waals surface area contributed by atoms with Crippen LogP contribution in [0.2, 0.25) is 0 Å². The number of nitrogens with two attached hydrogens (primary N) is 1. The molecule has 0 aromatic heterocycles. The maximum absolute atomic E-state index is 9.17. The van der Waals surface area contributed by atoms with E-state index in [0.717, 1.165) is 0 Å². The number of aliphatic hydroxyl groups is 3. The number of hydrogen-bond donors (Lipinski definition) is 4. The lowest BCUT2D eigenvalue weighted by molar-refractivity contribution is -0.236. The van der Waals surface area contributed by atoms with Crippen LogP contribution in [-0.2, 0) is 4.74 Å². The Balaban J connectivity index is 2.63. The van der Waals surface area contributed by atoms with Crippen molar-refractivity contribution in [2.45, 2.75) is 37.6 Å². The molecule has 1 saturated heterocycles. The van der Waals surface area contributed by atoms with Crippen molar-refractivity contribution in [1.82, 2.24) is 0 Å². The molecule has 5 nitrogen and oxygen atoms in total. The molecule has 0 unspecified atom stereocenters. The third kappa shape index (κ3) is 1.52. The van der Waals surface area contributed by atoms with Gasteiger partial charge in [0.2, 0.25) is 0 Å². The van der Waals surface area contributed by atoms with Gasteiger partial charge in [0.1, 0.15) is 12.2 Å². The lowest BCUT2D eigenvalue weighted by atomic mass is 9.99. The van der Waals surface area contributed by atoms with Gasteiger partial charge in [0.15, 0.2) is 6.29 Å². The third-order valence-electron chi connectivity index (χ3n) is 1.91. The molecule has 11 heavy (non-hydrogen) atoms. The summed E-state index contributed by atoms with van der Waals surface area (Å²) in [6.45, 7) is 1.56. The van der Waals surface area contributed by atoms with Gasteiger partial charge in [0.25, 0.3) is 0 Å². The first kappa shape index (κ1) is 8.89. The first-order valence-corrected chi connectivity index (χ1v) is 3.49. The molecule has 5 atom stereocenters. The molecule has 1 aliphatic rings. The fraction of sp³-hybridized carbons (Fsp3) is 1.00. The molecular weight excluding hydrogens is 150 g/mol. The first-order valence-electron chi connectivity index (χ1n) is 3.49. The van der Waals surface area contributed by atoms with Crippen molar-refractivity contribution >= 4 is 0 Å². The Bertz CT molecular complexity index is 129. The second kappa shape index (κ2) is 3.04. The molecule has 1 aliphatic heterocycles. The number of hydrogen-bond acceptors (Lipinski definition) is 5. The van der Waals surface area contributed by atoms with Crippen LogP contribution in [0.3, 0.4) is 0 Å². The van der Waals surface area contributed by atoms with E-state index < -0.39 is 30.6 Å². The molecule has 0 radical (unpaired) electrons. The molecule has 5 N–H and O–H groups in total. The van der Waals surface area contributed by atoms with Crippen molar-refractivity contribution in [3.05, 3.63) is 0 Å². The zero-order chi connectivity index (χ0) is 8.59. The number of ether oxygens (including phenoxy) is 1. The summed E-state index contributed by atoms with van der Waals surface area (Å²) >= 11 is 0. The Morgan fingerprint density at radius 1 is 1.18 bits per heavy atom. The van der Waals surface area contributed by atoms with Crippen LogP contribution >= 0.6 is 0 Å². The number of rotatable bonds is 0. The van der Waals surface area contributed by atoms with E-state index in [4.69, 9.17) is 20.7 Å². The van der Waals surface area contributed by atoms with Crippen LogP contribution in [0.15, 0.2) is 0 Å². The van der Waals surface area contributed by atoms with Gasteiger partial charge in [-0.2, -0.15) is 0 Å². The van der Waals surface area contributed by atoms with Crippen LogP contribution in [0.5, 0.6) is 0 Å². The van der Waals surface area contributed by atoms with Crippen LogP contribution < -0.4 is 5.73 Å². The molecule has 1 fully saturated rings. The molecule has 0 amide bonds. The average molecular weight is 163 g/mol. The van der Waals surface area contributed by atoms with Crippen LogP contribution in [-0.4, -0.2) is 46.0 Å². The van der Waals surface area contributed by atoms with Gasteiger partial charge in [-0.05, 0) is 6.92 Å². The van der Waals surface area contributed by atoms with E-state index in [1.165, 1.54) is 0 Å². The minimum absolute atomic E-state index is 0.584. The van der Waals surface area contributed by atoms with Gasteiger partial charge in [-0.15, -0.1) is 0 Å². The minimum Gasteiger partial charge on any atom is -0.388 e. The summed E-state index contributed by atoms with van der Waals surface area (Å²) < 4.78 is 4.80. The minimum atomic E-state index is -1.19. The zero-order valence-corrected chi connectivity index (χ0v) is 6.21. The van der Waals surface area contributed by atoms with E-state index in [0.29, 0.717) is 0 Å². The molecule has 0 aromatic rings. The number of aliphatic hydroxyl groups excluding tert-OH is 3. The van der Waals surface area contributed by atoms with E-state index in [9.17, 15) is 5.11 Å². The molecule has 0 bridgehead atoms. The highest BCUT2D eigenvalue weighted by Crippen LogP contribution is 2.17. The summed E-state index contributed by atoms with van der Waals surface area (Å²) in [7, 11) is 0. The summed E-state index contributed by atoms with van der Waals surface area (Å²) in [5, 5.41) is 27.4. The Hall–Kier alpha value is -0.200. The van der Waals surface area contributed by atoms with E-state index in [1.54, 1.807) is 6.92 Å².